The van der Waals surface area contributed by atoms with Crippen molar-refractivity contribution in [3.05, 3.63) is 24.2 Å². The molecule has 0 aliphatic heterocycles. The van der Waals surface area contributed by atoms with Gasteiger partial charge >= 0.3 is 0 Å². The van der Waals surface area contributed by atoms with Crippen LogP contribution in [0.1, 0.15) is 26.5 Å². The second-order valence-electron chi connectivity index (χ2n) is 4.18. The van der Waals surface area contributed by atoms with Crippen molar-refractivity contribution in [3.63, 3.8) is 0 Å². The molecule has 0 fully saturated rings. The smallest absolute Gasteiger partial charge is 0.242 e. The normalized spacial score (nSPS) is 12.2. The lowest BCUT2D eigenvalue weighted by atomic mass is 10.2. The Morgan fingerprint density at radius 2 is 2.00 bits per heavy atom. The monoisotopic (exact) mass is 238 g/mol. The molecule has 1 heterocycles. The van der Waals surface area contributed by atoms with Crippen LogP contribution in [0.2, 0.25) is 0 Å². The molecule has 0 aliphatic rings. The van der Waals surface area contributed by atoms with Crippen molar-refractivity contribution in [1.82, 2.24) is 10.6 Å². The molecule has 2 amide bonds. The molecule has 0 spiro atoms. The summed E-state index contributed by atoms with van der Waals surface area (Å²) in [7, 11) is 0. The highest BCUT2D eigenvalue weighted by Gasteiger charge is 2.16. The molecule has 17 heavy (non-hydrogen) atoms. The van der Waals surface area contributed by atoms with E-state index in [1.165, 1.54) is 0 Å². The number of hydrogen-bond donors (Lipinski definition) is 2. The first-order valence-corrected chi connectivity index (χ1v) is 5.61. The quantitative estimate of drug-likeness (QED) is 0.805. The molecular formula is C12H18N2O3. The molecule has 0 aliphatic carbocycles. The van der Waals surface area contributed by atoms with E-state index in [2.05, 4.69) is 10.6 Å². The average molecular weight is 238 g/mol. The Morgan fingerprint density at radius 1 is 1.29 bits per heavy atom. The summed E-state index contributed by atoms with van der Waals surface area (Å²) in [6.45, 7) is 5.54. The molecule has 1 aromatic heterocycles. The summed E-state index contributed by atoms with van der Waals surface area (Å²) >= 11 is 0. The zero-order chi connectivity index (χ0) is 12.8. The van der Waals surface area contributed by atoms with E-state index >= 15 is 0 Å². The summed E-state index contributed by atoms with van der Waals surface area (Å²) in [4.78, 5) is 23.0. The first kappa shape index (κ1) is 13.3. The van der Waals surface area contributed by atoms with Gasteiger partial charge in [0.05, 0.1) is 12.8 Å². The van der Waals surface area contributed by atoms with Crippen molar-refractivity contribution < 1.29 is 14.0 Å². The Kier molecular flexibility index (Phi) is 4.75. The van der Waals surface area contributed by atoms with Gasteiger partial charge in [0, 0.05) is 5.92 Å². The average Bonchev–Trinajstić information content (AvgIpc) is 2.78. The molecule has 5 heteroatoms. The predicted octanol–water partition coefficient (Wildman–Crippen LogP) is 1.06. The molecule has 0 bridgehead atoms. The number of nitrogens with one attached hydrogen (secondary N) is 2. The number of carbonyl (C=O) groups is 2. The molecule has 5 nitrogen and oxygen atoms in total. The fourth-order valence-electron chi connectivity index (χ4n) is 1.19. The minimum atomic E-state index is -0.542. The number of amides is 2. The fraction of sp³-hybridized carbons (Fsp3) is 0.500. The molecule has 0 aromatic carbocycles. The molecule has 94 valence electrons. The van der Waals surface area contributed by atoms with E-state index in [9.17, 15) is 9.59 Å². The number of carbonyl (C=O) groups excluding carboxylic acids is 2. The van der Waals surface area contributed by atoms with Crippen LogP contribution in [0.4, 0.5) is 0 Å². The number of rotatable bonds is 5. The topological polar surface area (TPSA) is 71.3 Å². The Morgan fingerprint density at radius 3 is 2.53 bits per heavy atom. The van der Waals surface area contributed by atoms with Crippen LogP contribution in [0.3, 0.4) is 0 Å². The third-order valence-electron chi connectivity index (χ3n) is 2.29. The van der Waals surface area contributed by atoms with Crippen molar-refractivity contribution >= 4 is 11.8 Å². The maximum Gasteiger partial charge on any atom is 0.242 e. The van der Waals surface area contributed by atoms with Crippen molar-refractivity contribution in [2.45, 2.75) is 33.4 Å². The largest absolute Gasteiger partial charge is 0.467 e. The molecular weight excluding hydrogens is 220 g/mol. The van der Waals surface area contributed by atoms with E-state index in [0.717, 1.165) is 0 Å². The SMILES string of the molecule is CC(C)C(=O)N[C@@H](C)C(=O)NCc1ccco1. The van der Waals surface area contributed by atoms with E-state index in [1.54, 1.807) is 39.2 Å². The molecule has 0 unspecified atom stereocenters. The van der Waals surface area contributed by atoms with Crippen molar-refractivity contribution in [1.29, 1.82) is 0 Å². The van der Waals surface area contributed by atoms with E-state index in [0.29, 0.717) is 12.3 Å². The summed E-state index contributed by atoms with van der Waals surface area (Å²) in [6.07, 6.45) is 1.55. The van der Waals surface area contributed by atoms with Crippen LogP contribution in [0.25, 0.3) is 0 Å². The summed E-state index contributed by atoms with van der Waals surface area (Å²) in [5, 5.41) is 5.31. The lowest BCUT2D eigenvalue weighted by molar-refractivity contribution is -0.130. The molecule has 1 atom stereocenters. The Bertz CT molecular complexity index is 371. The standard InChI is InChI=1S/C12H18N2O3/c1-8(2)11(15)14-9(3)12(16)13-7-10-5-4-6-17-10/h4-6,8-9H,7H2,1-3H3,(H,13,16)(H,14,15)/t9-/m0/s1. The van der Waals surface area contributed by atoms with E-state index in [1.807, 2.05) is 0 Å². The van der Waals surface area contributed by atoms with Crippen LogP contribution in [0.15, 0.2) is 22.8 Å². The molecule has 0 saturated carbocycles. The first-order chi connectivity index (χ1) is 8.00. The van der Waals surface area contributed by atoms with Gasteiger partial charge in [-0.05, 0) is 19.1 Å². The molecule has 0 radical (unpaired) electrons. The zero-order valence-corrected chi connectivity index (χ0v) is 10.3. The summed E-state index contributed by atoms with van der Waals surface area (Å²) in [5.74, 6) is 0.192. The van der Waals surface area contributed by atoms with Gasteiger partial charge in [0.25, 0.3) is 0 Å². The van der Waals surface area contributed by atoms with Crippen LogP contribution in [0.5, 0.6) is 0 Å². The van der Waals surface area contributed by atoms with Crippen LogP contribution < -0.4 is 10.6 Å². The second kappa shape index (κ2) is 6.08. The summed E-state index contributed by atoms with van der Waals surface area (Å²) in [5.41, 5.74) is 0. The minimum Gasteiger partial charge on any atom is -0.467 e. The van der Waals surface area contributed by atoms with Gasteiger partial charge in [0.1, 0.15) is 11.8 Å². The van der Waals surface area contributed by atoms with Crippen molar-refractivity contribution in [2.24, 2.45) is 5.92 Å². The van der Waals surface area contributed by atoms with Crippen LogP contribution in [0, 0.1) is 5.92 Å². The predicted molar refractivity (Wildman–Crippen MR) is 63.0 cm³/mol. The van der Waals surface area contributed by atoms with Gasteiger partial charge in [-0.25, -0.2) is 0 Å². The maximum atomic E-state index is 11.6. The lowest BCUT2D eigenvalue weighted by Gasteiger charge is -2.14. The van der Waals surface area contributed by atoms with Gasteiger partial charge in [-0.2, -0.15) is 0 Å². The van der Waals surface area contributed by atoms with E-state index in [-0.39, 0.29) is 17.7 Å². The van der Waals surface area contributed by atoms with Gasteiger partial charge < -0.3 is 15.1 Å². The maximum absolute atomic E-state index is 11.6. The highest BCUT2D eigenvalue weighted by molar-refractivity contribution is 5.87. The van der Waals surface area contributed by atoms with Crippen LogP contribution in [-0.2, 0) is 16.1 Å². The Hall–Kier alpha value is -1.78. The van der Waals surface area contributed by atoms with E-state index < -0.39 is 6.04 Å². The molecule has 1 rings (SSSR count). The lowest BCUT2D eigenvalue weighted by Crippen LogP contribution is -2.45. The van der Waals surface area contributed by atoms with Crippen LogP contribution >= 0.6 is 0 Å². The van der Waals surface area contributed by atoms with Crippen molar-refractivity contribution in [2.75, 3.05) is 0 Å². The van der Waals surface area contributed by atoms with Gasteiger partial charge in [0.2, 0.25) is 11.8 Å². The first-order valence-electron chi connectivity index (χ1n) is 5.61. The zero-order valence-electron chi connectivity index (χ0n) is 10.3. The number of hydrogen-bond acceptors (Lipinski definition) is 3. The highest BCUT2D eigenvalue weighted by atomic mass is 16.3. The highest BCUT2D eigenvalue weighted by Crippen LogP contribution is 1.99. The van der Waals surface area contributed by atoms with Gasteiger partial charge in [-0.15, -0.1) is 0 Å². The van der Waals surface area contributed by atoms with Crippen molar-refractivity contribution in [3.8, 4) is 0 Å². The summed E-state index contributed by atoms with van der Waals surface area (Å²) in [6, 6.07) is 2.99. The van der Waals surface area contributed by atoms with Gasteiger partial charge in [-0.3, -0.25) is 9.59 Å². The fourth-order valence-corrected chi connectivity index (χ4v) is 1.19. The van der Waals surface area contributed by atoms with Gasteiger partial charge in [0.15, 0.2) is 0 Å². The molecule has 0 saturated heterocycles. The number of furan rings is 1. The third kappa shape index (κ3) is 4.30. The van der Waals surface area contributed by atoms with Gasteiger partial charge in [-0.1, -0.05) is 13.8 Å². The minimum absolute atomic E-state index is 0.129. The Labute approximate surface area is 101 Å². The Balaban J connectivity index is 2.34. The molecule has 1 aromatic rings. The third-order valence-corrected chi connectivity index (χ3v) is 2.29. The second-order valence-corrected chi connectivity index (χ2v) is 4.18. The van der Waals surface area contributed by atoms with Crippen LogP contribution in [-0.4, -0.2) is 17.9 Å². The molecule has 2 N–H and O–H groups in total. The van der Waals surface area contributed by atoms with E-state index in [4.69, 9.17) is 4.42 Å². The summed E-state index contributed by atoms with van der Waals surface area (Å²) < 4.78 is 5.08.